The molecule has 3 N–H and O–H groups in total. The number of hydrogen-bond donors (Lipinski definition) is 2. The molecule has 0 radical (unpaired) electrons. The van der Waals surface area contributed by atoms with Gasteiger partial charge < -0.3 is 20.1 Å². The molecule has 3 fully saturated rings. The van der Waals surface area contributed by atoms with Gasteiger partial charge in [0.25, 0.3) is 0 Å². The number of benzene rings is 1. The van der Waals surface area contributed by atoms with Gasteiger partial charge in [-0.15, -0.1) is 11.7 Å². The largest absolute Gasteiger partial charge is 0.460 e. The zero-order valence-corrected chi connectivity index (χ0v) is 28.0. The van der Waals surface area contributed by atoms with Crippen LogP contribution in [-0.4, -0.2) is 63.6 Å². The number of aliphatic hydroxyl groups excluding tert-OH is 1. The van der Waals surface area contributed by atoms with Gasteiger partial charge >= 0.3 is 5.97 Å². The highest BCUT2D eigenvalue weighted by Gasteiger charge is 2.65. The van der Waals surface area contributed by atoms with Crippen molar-refractivity contribution < 1.29 is 19.4 Å². The molecule has 12 heteroatoms. The summed E-state index contributed by atoms with van der Waals surface area (Å²) in [5.41, 5.74) is 8.33. The van der Waals surface area contributed by atoms with Crippen molar-refractivity contribution in [2.75, 3.05) is 5.73 Å². The summed E-state index contributed by atoms with van der Waals surface area (Å²) in [5.74, 6) is 0.248. The van der Waals surface area contributed by atoms with Crippen molar-refractivity contribution in [2.24, 2.45) is 34.0 Å². The Morgan fingerprint density at radius 2 is 1.96 bits per heavy atom. The Kier molecular flexibility index (Phi) is 7.77. The lowest BCUT2D eigenvalue weighted by Crippen LogP contribution is -2.60. The number of anilines is 1. The molecule has 3 aromatic heterocycles. The van der Waals surface area contributed by atoms with Gasteiger partial charge in [-0.25, -0.2) is 19.6 Å². The van der Waals surface area contributed by atoms with Crippen LogP contribution in [0.15, 0.2) is 55.8 Å². The second-order valence-electron chi connectivity index (χ2n) is 15.0. The van der Waals surface area contributed by atoms with Crippen LogP contribution in [0, 0.1) is 34.0 Å². The molecule has 48 heavy (non-hydrogen) atoms. The molecule has 1 spiro atoms. The molecule has 12 nitrogen and oxygen atoms in total. The van der Waals surface area contributed by atoms with Crippen LogP contribution in [-0.2, 0) is 27.4 Å². The number of Topliss-reactive ketones (excluding diaryl/α,β-unsaturated/α-hetero) is 1. The second kappa shape index (κ2) is 11.6. The average Bonchev–Trinajstić information content (AvgIpc) is 3.79. The molecule has 2 bridgehead atoms. The fourth-order valence-electron chi connectivity index (χ4n) is 9.09. The lowest BCUT2D eigenvalue weighted by molar-refractivity contribution is -0.196. The molecule has 7 rings (SSSR count). The predicted molar refractivity (Wildman–Crippen MR) is 179 cm³/mol. The van der Waals surface area contributed by atoms with Crippen LogP contribution < -0.4 is 5.73 Å². The van der Waals surface area contributed by atoms with Gasteiger partial charge in [-0.2, -0.15) is 0 Å². The Bertz CT molecular complexity index is 1890. The first-order valence-corrected chi connectivity index (χ1v) is 16.8. The number of hydrogen-bond acceptors (Lipinski definition) is 10. The number of rotatable bonds is 7. The summed E-state index contributed by atoms with van der Waals surface area (Å²) in [6.45, 7) is 13.0. The Labute approximate surface area is 279 Å². The van der Waals surface area contributed by atoms with E-state index in [9.17, 15) is 14.7 Å². The van der Waals surface area contributed by atoms with Crippen LogP contribution in [0.1, 0.15) is 65.4 Å². The summed E-state index contributed by atoms with van der Waals surface area (Å²) in [5, 5.41) is 20.3. The van der Waals surface area contributed by atoms with Crippen LogP contribution in [0.3, 0.4) is 0 Å². The van der Waals surface area contributed by atoms with Crippen LogP contribution in [0.5, 0.6) is 0 Å². The van der Waals surface area contributed by atoms with E-state index in [1.165, 1.54) is 11.0 Å². The van der Waals surface area contributed by atoms with E-state index in [0.29, 0.717) is 47.8 Å². The van der Waals surface area contributed by atoms with E-state index in [-0.39, 0.29) is 35.1 Å². The molecule has 252 valence electrons. The number of fused-ring (bicyclic) bond motifs is 2. The maximum absolute atomic E-state index is 13.6. The molecule has 3 aliphatic carbocycles. The Balaban J connectivity index is 1.07. The summed E-state index contributed by atoms with van der Waals surface area (Å²) in [6.07, 6.45) is 8.75. The van der Waals surface area contributed by atoms with Crippen LogP contribution in [0.2, 0.25) is 0 Å². The lowest BCUT2D eigenvalue weighted by Gasteiger charge is -2.60. The van der Waals surface area contributed by atoms with Crippen LogP contribution in [0.4, 0.5) is 5.82 Å². The van der Waals surface area contributed by atoms with E-state index >= 15 is 0 Å². The van der Waals surface area contributed by atoms with E-state index in [1.54, 1.807) is 12.5 Å². The highest BCUT2D eigenvalue weighted by atomic mass is 16.5. The van der Waals surface area contributed by atoms with Crippen molar-refractivity contribution in [1.29, 1.82) is 0 Å². The minimum Gasteiger partial charge on any atom is -0.460 e. The van der Waals surface area contributed by atoms with Crippen molar-refractivity contribution in [3.63, 3.8) is 0 Å². The highest BCUT2D eigenvalue weighted by Crippen LogP contribution is 2.66. The fraction of sp³-hybridized carbons (Fsp3) is 0.528. The first-order valence-electron chi connectivity index (χ1n) is 16.8. The highest BCUT2D eigenvalue weighted by molar-refractivity contribution is 5.84. The third-order valence-corrected chi connectivity index (χ3v) is 12.4. The smallest absolute Gasteiger partial charge is 0.328 e. The first kappa shape index (κ1) is 32.1. The quantitative estimate of drug-likeness (QED) is 0.213. The SMILES string of the molecule is C=C[C@]1(C)C[C@@H](OC(=O)Cn2cc(-c3ccc(Cn4cnc5c(N)ncnc54)cc3)nn2)[C@@]2(C)C[C@@]3(CCC(=O)C3C[C@H]2C)[C@@H](C)[C@@H]1O. The molecule has 1 unspecified atom stereocenters. The number of nitrogens with zero attached hydrogens (tertiary/aromatic N) is 7. The standard InChI is InChI=1S/C36H44N8O4/c1-6-34(4)14-28(35(5)18-36(22(3)31(34)47)12-11-27(45)25(36)13-21(35)2)48-29(46)17-44-16-26(41-42-44)24-9-7-23(8-10-24)15-43-20-40-30-32(37)38-19-39-33(30)43/h6-10,16,19-22,25,28,31,47H,1,11-15,17-18H2,2-5H3,(H2,37,38,39)/t21-,22+,25?,28-,31+,34-,35+,36+/m1/s1. The molecule has 4 aromatic rings. The maximum atomic E-state index is 13.6. The third kappa shape index (κ3) is 5.12. The van der Waals surface area contributed by atoms with Crippen molar-refractivity contribution >= 4 is 28.7 Å². The van der Waals surface area contributed by atoms with E-state index in [1.807, 2.05) is 41.8 Å². The van der Waals surface area contributed by atoms with Gasteiger partial charge in [-0.1, -0.05) is 63.2 Å². The molecular weight excluding hydrogens is 608 g/mol. The second-order valence-corrected chi connectivity index (χ2v) is 15.0. The summed E-state index contributed by atoms with van der Waals surface area (Å²) in [6, 6.07) is 7.93. The van der Waals surface area contributed by atoms with Crippen molar-refractivity contribution in [3.05, 3.63) is 61.3 Å². The fourth-order valence-corrected chi connectivity index (χ4v) is 9.09. The molecule has 0 saturated heterocycles. The Hall–Kier alpha value is -4.45. The van der Waals surface area contributed by atoms with Gasteiger partial charge in [0, 0.05) is 28.7 Å². The molecule has 3 heterocycles. The van der Waals surface area contributed by atoms with Gasteiger partial charge in [0.2, 0.25) is 0 Å². The van der Waals surface area contributed by atoms with Crippen molar-refractivity contribution in [1.82, 2.24) is 34.5 Å². The summed E-state index contributed by atoms with van der Waals surface area (Å²) >= 11 is 0. The Morgan fingerprint density at radius 3 is 2.71 bits per heavy atom. The number of nitrogens with two attached hydrogens (primary N) is 1. The monoisotopic (exact) mass is 652 g/mol. The van der Waals surface area contributed by atoms with Crippen LogP contribution >= 0.6 is 0 Å². The third-order valence-electron chi connectivity index (χ3n) is 12.4. The molecule has 1 aromatic carbocycles. The lowest BCUT2D eigenvalue weighted by atomic mass is 9.45. The van der Waals surface area contributed by atoms with Gasteiger partial charge in [0.1, 0.15) is 36.0 Å². The minimum absolute atomic E-state index is 0.0731. The molecular formula is C36H44N8O4. The number of carbonyl (C=O) groups is 2. The van der Waals surface area contributed by atoms with Crippen molar-refractivity contribution in [3.8, 4) is 11.3 Å². The van der Waals surface area contributed by atoms with Gasteiger partial charge in [-0.3, -0.25) is 9.59 Å². The molecule has 0 aliphatic heterocycles. The zero-order valence-electron chi connectivity index (χ0n) is 28.0. The van der Waals surface area contributed by atoms with Gasteiger partial charge in [0.05, 0.1) is 25.2 Å². The molecule has 0 amide bonds. The van der Waals surface area contributed by atoms with E-state index in [0.717, 1.165) is 30.4 Å². The molecule has 3 aliphatic rings. The number of aliphatic hydroxyl groups is 1. The normalized spacial score (nSPS) is 33.2. The first-order chi connectivity index (χ1) is 22.9. The average molecular weight is 653 g/mol. The summed E-state index contributed by atoms with van der Waals surface area (Å²) in [7, 11) is 0. The van der Waals surface area contributed by atoms with Gasteiger partial charge in [-0.05, 0) is 48.5 Å². The van der Waals surface area contributed by atoms with E-state index in [2.05, 4.69) is 52.6 Å². The number of ketones is 1. The number of aromatic nitrogens is 7. The van der Waals surface area contributed by atoms with Crippen molar-refractivity contribution in [2.45, 2.75) is 85.1 Å². The molecule has 3 saturated carbocycles. The number of ether oxygens (including phenoxy) is 1. The van der Waals surface area contributed by atoms with E-state index < -0.39 is 23.6 Å². The molecule has 8 atom stereocenters. The van der Waals surface area contributed by atoms with E-state index in [4.69, 9.17) is 10.5 Å². The number of imidazole rings is 1. The zero-order chi connectivity index (χ0) is 34.0. The summed E-state index contributed by atoms with van der Waals surface area (Å²) in [4.78, 5) is 39.4. The number of nitrogen functional groups attached to an aromatic ring is 1. The number of carbonyl (C=O) groups excluding carboxylic acids is 2. The van der Waals surface area contributed by atoms with Gasteiger partial charge in [0.15, 0.2) is 11.5 Å². The van der Waals surface area contributed by atoms with Crippen LogP contribution in [0.25, 0.3) is 22.4 Å². The maximum Gasteiger partial charge on any atom is 0.328 e. The minimum atomic E-state index is -0.709. The Morgan fingerprint density at radius 1 is 1.19 bits per heavy atom. The topological polar surface area (TPSA) is 164 Å². The predicted octanol–water partition coefficient (Wildman–Crippen LogP) is 4.62. The summed E-state index contributed by atoms with van der Waals surface area (Å²) < 4.78 is 9.78. The number of esters is 1.